The van der Waals surface area contributed by atoms with Crippen LogP contribution < -0.4 is 10.1 Å². The Morgan fingerprint density at radius 3 is 2.60 bits per heavy atom. The third-order valence-electron chi connectivity index (χ3n) is 4.87. The Bertz CT molecular complexity index is 1180. The zero-order chi connectivity index (χ0) is 21.1. The summed E-state index contributed by atoms with van der Waals surface area (Å²) in [6.07, 6.45) is 0. The van der Waals surface area contributed by atoms with E-state index < -0.39 is 0 Å². The zero-order valence-electron chi connectivity index (χ0n) is 17.3. The number of fused-ring (bicyclic) bond motifs is 1. The fourth-order valence-electron chi connectivity index (χ4n) is 3.23. The van der Waals surface area contributed by atoms with E-state index in [2.05, 4.69) is 36.3 Å². The Kier molecular flexibility index (Phi) is 5.53. The summed E-state index contributed by atoms with van der Waals surface area (Å²) in [6, 6.07) is 20.7. The minimum atomic E-state index is -0.186. The van der Waals surface area contributed by atoms with Gasteiger partial charge in [-0.25, -0.2) is 4.98 Å². The predicted molar refractivity (Wildman–Crippen MR) is 119 cm³/mol. The number of nitrogens with zero attached hydrogens (tertiary/aromatic N) is 1. The summed E-state index contributed by atoms with van der Waals surface area (Å²) in [5.41, 5.74) is 4.85. The molecule has 0 atom stereocenters. The van der Waals surface area contributed by atoms with Gasteiger partial charge in [0, 0.05) is 16.8 Å². The summed E-state index contributed by atoms with van der Waals surface area (Å²) >= 11 is 0. The molecule has 152 valence electrons. The van der Waals surface area contributed by atoms with Gasteiger partial charge < -0.3 is 14.5 Å². The van der Waals surface area contributed by atoms with E-state index in [0.717, 1.165) is 22.4 Å². The minimum absolute atomic E-state index is 0.186. The van der Waals surface area contributed by atoms with Crippen molar-refractivity contribution in [2.75, 3.05) is 11.9 Å². The van der Waals surface area contributed by atoms with Crippen LogP contribution in [0.4, 0.5) is 5.69 Å². The summed E-state index contributed by atoms with van der Waals surface area (Å²) in [5, 5.41) is 2.93. The van der Waals surface area contributed by atoms with Crippen LogP contribution in [0, 0.1) is 0 Å². The first-order chi connectivity index (χ1) is 14.5. The maximum absolute atomic E-state index is 12.6. The first kappa shape index (κ1) is 19.7. The van der Waals surface area contributed by atoms with Gasteiger partial charge in [0.05, 0.1) is 6.61 Å². The Morgan fingerprint density at radius 1 is 1.07 bits per heavy atom. The normalized spacial score (nSPS) is 11.1. The monoisotopic (exact) mass is 400 g/mol. The van der Waals surface area contributed by atoms with Gasteiger partial charge >= 0.3 is 0 Å². The van der Waals surface area contributed by atoms with Gasteiger partial charge in [0.2, 0.25) is 5.89 Å². The van der Waals surface area contributed by atoms with Gasteiger partial charge in [-0.05, 0) is 73.0 Å². The number of benzene rings is 3. The molecule has 0 spiro atoms. The Balaban J connectivity index is 1.55. The van der Waals surface area contributed by atoms with Crippen molar-refractivity contribution in [1.29, 1.82) is 0 Å². The van der Waals surface area contributed by atoms with Crippen LogP contribution in [0.25, 0.3) is 22.6 Å². The summed E-state index contributed by atoms with van der Waals surface area (Å²) in [7, 11) is 0. The van der Waals surface area contributed by atoms with Crippen molar-refractivity contribution in [3.05, 3.63) is 77.9 Å². The lowest BCUT2D eigenvalue weighted by Gasteiger charge is -2.07. The lowest BCUT2D eigenvalue weighted by molar-refractivity contribution is 0.102. The van der Waals surface area contributed by atoms with E-state index >= 15 is 0 Å². The summed E-state index contributed by atoms with van der Waals surface area (Å²) in [5.74, 6) is 1.51. The molecule has 1 aromatic heterocycles. The molecule has 5 heteroatoms. The van der Waals surface area contributed by atoms with Crippen molar-refractivity contribution in [2.24, 2.45) is 0 Å². The lowest BCUT2D eigenvalue weighted by Crippen LogP contribution is -2.11. The van der Waals surface area contributed by atoms with E-state index in [1.807, 2.05) is 37.3 Å². The number of amides is 1. The minimum Gasteiger partial charge on any atom is -0.494 e. The van der Waals surface area contributed by atoms with Gasteiger partial charge in [0.25, 0.3) is 5.91 Å². The summed E-state index contributed by atoms with van der Waals surface area (Å²) in [4.78, 5) is 17.2. The van der Waals surface area contributed by atoms with Crippen molar-refractivity contribution in [3.8, 4) is 17.2 Å². The average Bonchev–Trinajstić information content (AvgIpc) is 3.18. The van der Waals surface area contributed by atoms with Crippen molar-refractivity contribution in [2.45, 2.75) is 26.7 Å². The van der Waals surface area contributed by atoms with Crippen molar-refractivity contribution in [1.82, 2.24) is 4.98 Å². The maximum Gasteiger partial charge on any atom is 0.255 e. The van der Waals surface area contributed by atoms with E-state index in [1.54, 1.807) is 24.3 Å². The number of carbonyl (C=O) groups excluding carboxylic acids is 1. The molecule has 1 amide bonds. The Labute approximate surface area is 175 Å². The van der Waals surface area contributed by atoms with E-state index in [9.17, 15) is 4.79 Å². The number of oxazole rings is 1. The highest BCUT2D eigenvalue weighted by atomic mass is 16.5. The predicted octanol–water partition coefficient (Wildman–Crippen LogP) is 6.27. The Morgan fingerprint density at radius 2 is 1.87 bits per heavy atom. The third-order valence-corrected chi connectivity index (χ3v) is 4.87. The van der Waals surface area contributed by atoms with E-state index in [-0.39, 0.29) is 5.91 Å². The van der Waals surface area contributed by atoms with Gasteiger partial charge in [-0.2, -0.15) is 0 Å². The quantitative estimate of drug-likeness (QED) is 0.414. The van der Waals surface area contributed by atoms with E-state index in [1.165, 1.54) is 5.56 Å². The van der Waals surface area contributed by atoms with Gasteiger partial charge in [-0.15, -0.1) is 0 Å². The molecule has 0 unspecified atom stereocenters. The lowest BCUT2D eigenvalue weighted by atomic mass is 10.0. The molecule has 0 bridgehead atoms. The molecule has 0 saturated carbocycles. The van der Waals surface area contributed by atoms with Crippen LogP contribution >= 0.6 is 0 Å². The molecule has 4 rings (SSSR count). The second-order valence-corrected chi connectivity index (χ2v) is 7.39. The number of hydrogen-bond acceptors (Lipinski definition) is 4. The molecule has 1 heterocycles. The van der Waals surface area contributed by atoms with Crippen LogP contribution in [-0.2, 0) is 0 Å². The highest BCUT2D eigenvalue weighted by Crippen LogP contribution is 2.28. The zero-order valence-corrected chi connectivity index (χ0v) is 17.3. The number of rotatable bonds is 6. The molecule has 3 aromatic carbocycles. The Hall–Kier alpha value is -3.60. The molecule has 0 aliphatic heterocycles. The largest absolute Gasteiger partial charge is 0.494 e. The molecule has 5 nitrogen and oxygen atoms in total. The molecular weight excluding hydrogens is 376 g/mol. The molecule has 0 aliphatic carbocycles. The van der Waals surface area contributed by atoms with Crippen LogP contribution in [0.1, 0.15) is 42.6 Å². The van der Waals surface area contributed by atoms with Crippen LogP contribution in [0.5, 0.6) is 5.75 Å². The first-order valence-electron chi connectivity index (χ1n) is 10.1. The van der Waals surface area contributed by atoms with Gasteiger partial charge in [0.1, 0.15) is 11.3 Å². The average molecular weight is 400 g/mol. The van der Waals surface area contributed by atoms with Crippen LogP contribution in [-0.4, -0.2) is 17.5 Å². The fourth-order valence-corrected chi connectivity index (χ4v) is 3.23. The molecule has 30 heavy (non-hydrogen) atoms. The fraction of sp³-hybridized carbons (Fsp3) is 0.200. The highest BCUT2D eigenvalue weighted by molar-refractivity contribution is 6.04. The van der Waals surface area contributed by atoms with Crippen molar-refractivity contribution < 1.29 is 13.9 Å². The summed E-state index contributed by atoms with van der Waals surface area (Å²) in [6.45, 7) is 6.82. The van der Waals surface area contributed by atoms with Crippen LogP contribution in [0.15, 0.2) is 71.1 Å². The number of nitrogens with one attached hydrogen (secondary N) is 1. The van der Waals surface area contributed by atoms with Crippen LogP contribution in [0.2, 0.25) is 0 Å². The van der Waals surface area contributed by atoms with Gasteiger partial charge in [-0.3, -0.25) is 4.79 Å². The number of ether oxygens (including phenoxy) is 1. The first-order valence-corrected chi connectivity index (χ1v) is 10.1. The second-order valence-electron chi connectivity index (χ2n) is 7.39. The summed E-state index contributed by atoms with van der Waals surface area (Å²) < 4.78 is 11.4. The molecule has 4 aromatic rings. The molecule has 1 N–H and O–H groups in total. The topological polar surface area (TPSA) is 64.4 Å². The second kappa shape index (κ2) is 8.41. The molecule has 0 saturated heterocycles. The molecular formula is C25H24N2O3. The van der Waals surface area contributed by atoms with E-state index in [0.29, 0.717) is 29.7 Å². The SMILES string of the molecule is CCOc1ccc(C(=O)Nc2cccc(-c3nc4cc(C(C)C)ccc4o3)c2)cc1. The van der Waals surface area contributed by atoms with Gasteiger partial charge in [0.15, 0.2) is 5.58 Å². The van der Waals surface area contributed by atoms with E-state index in [4.69, 9.17) is 9.15 Å². The third kappa shape index (κ3) is 4.20. The smallest absolute Gasteiger partial charge is 0.255 e. The van der Waals surface area contributed by atoms with Crippen LogP contribution in [0.3, 0.4) is 0 Å². The van der Waals surface area contributed by atoms with Crippen molar-refractivity contribution >= 4 is 22.7 Å². The molecule has 0 aliphatic rings. The highest BCUT2D eigenvalue weighted by Gasteiger charge is 2.12. The standard InChI is InChI=1S/C25H24N2O3/c1-4-29-21-11-8-17(9-12-21)24(28)26-20-7-5-6-19(14-20)25-27-22-15-18(16(2)3)10-13-23(22)30-25/h5-16H,4H2,1-3H3,(H,26,28). The van der Waals surface area contributed by atoms with Crippen molar-refractivity contribution in [3.63, 3.8) is 0 Å². The number of carbonyl (C=O) groups is 1. The maximum atomic E-state index is 12.6. The number of aromatic nitrogens is 1. The number of anilines is 1. The molecule has 0 fully saturated rings. The molecule has 0 radical (unpaired) electrons. The number of hydrogen-bond donors (Lipinski definition) is 1. The van der Waals surface area contributed by atoms with Gasteiger partial charge in [-0.1, -0.05) is 26.0 Å².